The number of nitrogens with one attached hydrogen (secondary N) is 1. The second-order valence-corrected chi connectivity index (χ2v) is 6.58. The van der Waals surface area contributed by atoms with Gasteiger partial charge in [-0.3, -0.25) is 0 Å². The molecule has 0 amide bonds. The van der Waals surface area contributed by atoms with Gasteiger partial charge in [0.25, 0.3) is 0 Å². The molecule has 0 heterocycles. The van der Waals surface area contributed by atoms with Crippen LogP contribution < -0.4 is 5.32 Å². The summed E-state index contributed by atoms with van der Waals surface area (Å²) in [5.74, 6) is -1.13. The molecule has 2 aromatic carbocycles. The van der Waals surface area contributed by atoms with Crippen molar-refractivity contribution >= 4 is 31.9 Å². The predicted molar refractivity (Wildman–Crippen MR) is 88.5 cm³/mol. The average molecular weight is 419 g/mol. The Morgan fingerprint density at radius 3 is 2.48 bits per heavy atom. The SMILES string of the molecule is CCNC(c1cc(C)cc(Br)c1)c1c(F)ccc(Br)c1F. The third kappa shape index (κ3) is 3.71. The third-order valence-corrected chi connectivity index (χ3v) is 4.24. The summed E-state index contributed by atoms with van der Waals surface area (Å²) in [6, 6.07) is 7.88. The molecule has 0 bridgehead atoms. The van der Waals surface area contributed by atoms with Gasteiger partial charge in [-0.1, -0.05) is 28.9 Å². The van der Waals surface area contributed by atoms with Crippen LogP contribution in [0.4, 0.5) is 8.78 Å². The molecule has 0 fully saturated rings. The zero-order valence-electron chi connectivity index (χ0n) is 11.7. The van der Waals surface area contributed by atoms with Crippen molar-refractivity contribution in [1.82, 2.24) is 5.32 Å². The first-order valence-electron chi connectivity index (χ1n) is 6.58. The minimum absolute atomic E-state index is 0.0312. The molecule has 5 heteroatoms. The van der Waals surface area contributed by atoms with Crippen molar-refractivity contribution in [3.8, 4) is 0 Å². The monoisotopic (exact) mass is 417 g/mol. The normalized spacial score (nSPS) is 12.5. The van der Waals surface area contributed by atoms with Gasteiger partial charge in [-0.2, -0.15) is 0 Å². The van der Waals surface area contributed by atoms with Crippen LogP contribution in [0, 0.1) is 18.6 Å². The Hall–Kier alpha value is -0.780. The van der Waals surface area contributed by atoms with Gasteiger partial charge in [0.05, 0.1) is 10.5 Å². The Morgan fingerprint density at radius 1 is 1.14 bits per heavy atom. The second-order valence-electron chi connectivity index (χ2n) is 4.81. The molecule has 0 aliphatic carbocycles. The second kappa shape index (κ2) is 6.99. The molecule has 0 radical (unpaired) electrons. The summed E-state index contributed by atoms with van der Waals surface area (Å²) in [7, 11) is 0. The first-order valence-corrected chi connectivity index (χ1v) is 8.16. The van der Waals surface area contributed by atoms with Crippen molar-refractivity contribution in [2.24, 2.45) is 0 Å². The molecule has 0 saturated heterocycles. The summed E-state index contributed by atoms with van der Waals surface area (Å²) in [6.45, 7) is 4.46. The van der Waals surface area contributed by atoms with Gasteiger partial charge < -0.3 is 5.32 Å². The summed E-state index contributed by atoms with van der Waals surface area (Å²) in [5, 5.41) is 3.16. The van der Waals surface area contributed by atoms with Gasteiger partial charge in [0, 0.05) is 10.0 Å². The fraction of sp³-hybridized carbons (Fsp3) is 0.250. The Balaban J connectivity index is 2.61. The lowest BCUT2D eigenvalue weighted by molar-refractivity contribution is 0.507. The van der Waals surface area contributed by atoms with Gasteiger partial charge in [-0.15, -0.1) is 0 Å². The highest BCUT2D eigenvalue weighted by molar-refractivity contribution is 9.10. The molecule has 1 nitrogen and oxygen atoms in total. The van der Waals surface area contributed by atoms with Crippen LogP contribution in [0.25, 0.3) is 0 Å². The number of hydrogen-bond acceptors (Lipinski definition) is 1. The Morgan fingerprint density at radius 2 is 1.86 bits per heavy atom. The van der Waals surface area contributed by atoms with Crippen molar-refractivity contribution in [3.63, 3.8) is 0 Å². The lowest BCUT2D eigenvalue weighted by Crippen LogP contribution is -2.24. The van der Waals surface area contributed by atoms with E-state index in [4.69, 9.17) is 0 Å². The molecule has 0 spiro atoms. The van der Waals surface area contributed by atoms with Crippen molar-refractivity contribution < 1.29 is 8.78 Å². The van der Waals surface area contributed by atoms with E-state index >= 15 is 0 Å². The first-order chi connectivity index (χ1) is 9.93. The fourth-order valence-corrected chi connectivity index (χ4v) is 3.30. The smallest absolute Gasteiger partial charge is 0.145 e. The first kappa shape index (κ1) is 16.6. The van der Waals surface area contributed by atoms with Gasteiger partial charge in [-0.05, 0) is 64.8 Å². The molecule has 21 heavy (non-hydrogen) atoms. The number of benzene rings is 2. The van der Waals surface area contributed by atoms with Gasteiger partial charge in [0.1, 0.15) is 11.6 Å². The molecule has 1 N–H and O–H groups in total. The lowest BCUT2D eigenvalue weighted by atomic mass is 9.96. The van der Waals surface area contributed by atoms with Crippen molar-refractivity contribution in [2.75, 3.05) is 6.54 Å². The lowest BCUT2D eigenvalue weighted by Gasteiger charge is -2.21. The zero-order valence-corrected chi connectivity index (χ0v) is 14.9. The summed E-state index contributed by atoms with van der Waals surface area (Å²) < 4.78 is 29.7. The van der Waals surface area contributed by atoms with Crippen LogP contribution in [0.5, 0.6) is 0 Å². The van der Waals surface area contributed by atoms with Crippen molar-refractivity contribution in [2.45, 2.75) is 19.9 Å². The summed E-state index contributed by atoms with van der Waals surface area (Å²) >= 11 is 6.55. The van der Waals surface area contributed by atoms with Crippen LogP contribution in [-0.4, -0.2) is 6.54 Å². The molecule has 112 valence electrons. The van der Waals surface area contributed by atoms with Crippen molar-refractivity contribution in [1.29, 1.82) is 0 Å². The van der Waals surface area contributed by atoms with Crippen LogP contribution in [-0.2, 0) is 0 Å². The largest absolute Gasteiger partial charge is 0.306 e. The topological polar surface area (TPSA) is 12.0 Å². The van der Waals surface area contributed by atoms with Crippen molar-refractivity contribution in [3.05, 3.63) is 67.6 Å². The maximum Gasteiger partial charge on any atom is 0.145 e. The van der Waals surface area contributed by atoms with E-state index in [0.717, 1.165) is 15.6 Å². The van der Waals surface area contributed by atoms with E-state index in [0.29, 0.717) is 6.54 Å². The predicted octanol–water partition coefficient (Wildman–Crippen LogP) is 5.50. The van der Waals surface area contributed by atoms with Gasteiger partial charge >= 0.3 is 0 Å². The standard InChI is InChI=1S/C16H15Br2F2N/c1-3-21-16(10-6-9(2)7-11(17)8-10)14-13(19)5-4-12(18)15(14)20/h4-8,16,21H,3H2,1-2H3. The number of halogens is 4. The van der Waals surface area contributed by atoms with Crippen LogP contribution in [0.15, 0.2) is 39.3 Å². The van der Waals surface area contributed by atoms with Gasteiger partial charge in [-0.25, -0.2) is 8.78 Å². The van der Waals surface area contributed by atoms with Crippen LogP contribution >= 0.6 is 31.9 Å². The van der Waals surface area contributed by atoms with E-state index in [1.165, 1.54) is 12.1 Å². The average Bonchev–Trinajstić information content (AvgIpc) is 2.41. The minimum Gasteiger partial charge on any atom is -0.306 e. The van der Waals surface area contributed by atoms with E-state index in [1.807, 2.05) is 32.0 Å². The minimum atomic E-state index is -0.571. The molecule has 2 rings (SSSR count). The van der Waals surface area contributed by atoms with E-state index in [1.54, 1.807) is 0 Å². The molecule has 0 aromatic heterocycles. The third-order valence-electron chi connectivity index (χ3n) is 3.17. The maximum absolute atomic E-state index is 14.4. The molecule has 0 aliphatic heterocycles. The Bertz CT molecular complexity index is 639. The Labute approximate surface area is 140 Å². The van der Waals surface area contributed by atoms with Gasteiger partial charge in [0.2, 0.25) is 0 Å². The Kier molecular flexibility index (Phi) is 5.52. The molecular formula is C16H15Br2F2N. The molecule has 2 aromatic rings. The number of aryl methyl sites for hydroxylation is 1. The molecule has 1 unspecified atom stereocenters. The highest BCUT2D eigenvalue weighted by Gasteiger charge is 2.23. The fourth-order valence-electron chi connectivity index (χ4n) is 2.33. The molecule has 1 atom stereocenters. The summed E-state index contributed by atoms with van der Waals surface area (Å²) in [6.07, 6.45) is 0. The highest BCUT2D eigenvalue weighted by atomic mass is 79.9. The zero-order chi connectivity index (χ0) is 15.6. The van der Waals surface area contributed by atoms with E-state index in [9.17, 15) is 8.78 Å². The molecule has 0 aliphatic rings. The molecular weight excluding hydrogens is 404 g/mol. The van der Waals surface area contributed by atoms with Crippen LogP contribution in [0.2, 0.25) is 0 Å². The van der Waals surface area contributed by atoms with E-state index in [-0.39, 0.29) is 10.0 Å². The summed E-state index contributed by atoms with van der Waals surface area (Å²) in [4.78, 5) is 0. The van der Waals surface area contributed by atoms with E-state index in [2.05, 4.69) is 37.2 Å². The maximum atomic E-state index is 14.4. The quantitative estimate of drug-likeness (QED) is 0.646. The summed E-state index contributed by atoms with van der Waals surface area (Å²) in [5.41, 5.74) is 1.88. The van der Waals surface area contributed by atoms with Crippen LogP contribution in [0.3, 0.4) is 0 Å². The van der Waals surface area contributed by atoms with Crippen LogP contribution in [0.1, 0.15) is 29.7 Å². The highest BCUT2D eigenvalue weighted by Crippen LogP contribution is 2.32. The number of hydrogen-bond donors (Lipinski definition) is 1. The molecule has 0 saturated carbocycles. The number of rotatable bonds is 4. The van der Waals surface area contributed by atoms with Gasteiger partial charge in [0.15, 0.2) is 0 Å². The van der Waals surface area contributed by atoms with E-state index < -0.39 is 17.7 Å².